The molecule has 1 N–H and O–H groups in total. The molecule has 1 amide bonds. The van der Waals surface area contributed by atoms with Crippen molar-refractivity contribution in [2.45, 2.75) is 26.7 Å². The second kappa shape index (κ2) is 8.02. The normalized spacial score (nSPS) is 19.4. The van der Waals surface area contributed by atoms with E-state index in [1.807, 2.05) is 0 Å². The third-order valence-electron chi connectivity index (χ3n) is 5.20. The highest BCUT2D eigenvalue weighted by Crippen LogP contribution is 2.24. The van der Waals surface area contributed by atoms with Crippen LogP contribution in [0, 0.1) is 19.8 Å². The molecule has 0 saturated carbocycles. The summed E-state index contributed by atoms with van der Waals surface area (Å²) in [6.45, 7) is 9.93. The van der Waals surface area contributed by atoms with Crippen LogP contribution in [-0.4, -0.2) is 50.1 Å². The lowest BCUT2D eigenvalue weighted by Crippen LogP contribution is -2.51. The van der Waals surface area contributed by atoms with Crippen LogP contribution >= 0.6 is 12.4 Å². The SMILES string of the molecule is Cc1cccc(N2CCN(C(=O)C3CCNCC3)CC2)c1C.Cl. The van der Waals surface area contributed by atoms with E-state index in [4.69, 9.17) is 0 Å². The smallest absolute Gasteiger partial charge is 0.225 e. The molecule has 0 radical (unpaired) electrons. The molecule has 2 aliphatic heterocycles. The molecule has 2 saturated heterocycles. The highest BCUT2D eigenvalue weighted by Gasteiger charge is 2.28. The molecule has 128 valence electrons. The molecule has 0 spiro atoms. The first-order valence-corrected chi connectivity index (χ1v) is 8.47. The van der Waals surface area contributed by atoms with Gasteiger partial charge in [-0.15, -0.1) is 12.4 Å². The average molecular weight is 338 g/mol. The van der Waals surface area contributed by atoms with Crippen molar-refractivity contribution in [1.82, 2.24) is 10.2 Å². The Morgan fingerprint density at radius 2 is 1.74 bits per heavy atom. The molecule has 2 aliphatic rings. The minimum atomic E-state index is 0. The van der Waals surface area contributed by atoms with Crippen molar-refractivity contribution < 1.29 is 4.79 Å². The van der Waals surface area contributed by atoms with E-state index in [1.165, 1.54) is 16.8 Å². The van der Waals surface area contributed by atoms with Gasteiger partial charge in [-0.1, -0.05) is 12.1 Å². The highest BCUT2D eigenvalue weighted by molar-refractivity contribution is 5.85. The van der Waals surface area contributed by atoms with Crippen LogP contribution in [0.3, 0.4) is 0 Å². The zero-order chi connectivity index (χ0) is 15.5. The van der Waals surface area contributed by atoms with Crippen LogP contribution in [0.2, 0.25) is 0 Å². The maximum Gasteiger partial charge on any atom is 0.225 e. The third kappa shape index (κ3) is 3.99. The number of piperidine rings is 1. The van der Waals surface area contributed by atoms with Crippen molar-refractivity contribution in [3.63, 3.8) is 0 Å². The second-order valence-electron chi connectivity index (χ2n) is 6.56. The fraction of sp³-hybridized carbons (Fsp3) is 0.611. The van der Waals surface area contributed by atoms with Gasteiger partial charge in [0.2, 0.25) is 5.91 Å². The van der Waals surface area contributed by atoms with Gasteiger partial charge in [0.25, 0.3) is 0 Å². The number of nitrogens with zero attached hydrogens (tertiary/aromatic N) is 2. The van der Waals surface area contributed by atoms with Crippen molar-refractivity contribution in [1.29, 1.82) is 0 Å². The molecule has 23 heavy (non-hydrogen) atoms. The number of hydrogen-bond donors (Lipinski definition) is 1. The first-order chi connectivity index (χ1) is 10.7. The number of piperazine rings is 1. The van der Waals surface area contributed by atoms with Gasteiger partial charge in [-0.25, -0.2) is 0 Å². The number of nitrogens with one attached hydrogen (secondary N) is 1. The summed E-state index contributed by atoms with van der Waals surface area (Å²) in [7, 11) is 0. The van der Waals surface area contributed by atoms with Gasteiger partial charge in [-0.05, 0) is 57.0 Å². The van der Waals surface area contributed by atoms with Crippen molar-refractivity contribution in [3.8, 4) is 0 Å². The molecule has 0 bridgehead atoms. The largest absolute Gasteiger partial charge is 0.368 e. The van der Waals surface area contributed by atoms with Crippen LogP contribution in [0.15, 0.2) is 18.2 Å². The Bertz CT molecular complexity index is 535. The first-order valence-electron chi connectivity index (χ1n) is 8.47. The number of carbonyl (C=O) groups excluding carboxylic acids is 1. The Morgan fingerprint density at radius 3 is 2.39 bits per heavy atom. The number of rotatable bonds is 2. The van der Waals surface area contributed by atoms with Gasteiger partial charge in [-0.3, -0.25) is 4.79 Å². The minimum Gasteiger partial charge on any atom is -0.368 e. The van der Waals surface area contributed by atoms with Gasteiger partial charge in [0.05, 0.1) is 0 Å². The zero-order valence-electron chi connectivity index (χ0n) is 14.2. The van der Waals surface area contributed by atoms with Crippen LogP contribution in [0.5, 0.6) is 0 Å². The summed E-state index contributed by atoms with van der Waals surface area (Å²) in [6.07, 6.45) is 1.99. The monoisotopic (exact) mass is 337 g/mol. The average Bonchev–Trinajstić information content (AvgIpc) is 2.58. The van der Waals surface area contributed by atoms with Crippen molar-refractivity contribution in [3.05, 3.63) is 29.3 Å². The molecule has 5 heteroatoms. The number of anilines is 1. The Hall–Kier alpha value is -1.26. The predicted molar refractivity (Wildman–Crippen MR) is 97.6 cm³/mol. The van der Waals surface area contributed by atoms with Crippen molar-refractivity contribution >= 4 is 24.0 Å². The Morgan fingerprint density at radius 1 is 1.09 bits per heavy atom. The lowest BCUT2D eigenvalue weighted by molar-refractivity contribution is -0.136. The lowest BCUT2D eigenvalue weighted by Gasteiger charge is -2.39. The maximum atomic E-state index is 12.6. The zero-order valence-corrected chi connectivity index (χ0v) is 15.0. The summed E-state index contributed by atoms with van der Waals surface area (Å²) >= 11 is 0. The molecule has 3 rings (SSSR count). The molecule has 0 aliphatic carbocycles. The van der Waals surface area contributed by atoms with Gasteiger partial charge in [-0.2, -0.15) is 0 Å². The molecule has 1 aromatic rings. The molecule has 0 atom stereocenters. The predicted octanol–water partition coefficient (Wildman–Crippen LogP) is 2.37. The van der Waals surface area contributed by atoms with Gasteiger partial charge in [0, 0.05) is 37.8 Å². The van der Waals surface area contributed by atoms with E-state index >= 15 is 0 Å². The Labute approximate surface area is 145 Å². The quantitative estimate of drug-likeness (QED) is 0.900. The van der Waals surface area contributed by atoms with E-state index < -0.39 is 0 Å². The van der Waals surface area contributed by atoms with Crippen LogP contribution < -0.4 is 10.2 Å². The molecule has 0 aromatic heterocycles. The molecule has 4 nitrogen and oxygen atoms in total. The summed E-state index contributed by atoms with van der Waals surface area (Å²) in [5.41, 5.74) is 4.03. The fourth-order valence-electron chi connectivity index (χ4n) is 3.57. The summed E-state index contributed by atoms with van der Waals surface area (Å²) in [4.78, 5) is 17.1. The summed E-state index contributed by atoms with van der Waals surface area (Å²) < 4.78 is 0. The number of hydrogen-bond acceptors (Lipinski definition) is 3. The van der Waals surface area contributed by atoms with E-state index in [9.17, 15) is 4.79 Å². The van der Waals surface area contributed by atoms with Gasteiger partial charge >= 0.3 is 0 Å². The number of aryl methyl sites for hydroxylation is 1. The molecule has 1 aromatic carbocycles. The number of amides is 1. The van der Waals surface area contributed by atoms with E-state index in [2.05, 4.69) is 47.2 Å². The lowest BCUT2D eigenvalue weighted by atomic mass is 9.96. The van der Waals surface area contributed by atoms with E-state index in [1.54, 1.807) is 0 Å². The van der Waals surface area contributed by atoms with Gasteiger partial charge < -0.3 is 15.1 Å². The third-order valence-corrected chi connectivity index (χ3v) is 5.20. The molecule has 2 fully saturated rings. The Kier molecular flexibility index (Phi) is 6.31. The van der Waals surface area contributed by atoms with Crippen LogP contribution in [0.1, 0.15) is 24.0 Å². The molecular weight excluding hydrogens is 310 g/mol. The first kappa shape index (κ1) is 18.1. The fourth-order valence-corrected chi connectivity index (χ4v) is 3.57. The van der Waals surface area contributed by atoms with Crippen molar-refractivity contribution in [2.75, 3.05) is 44.2 Å². The van der Waals surface area contributed by atoms with Crippen LogP contribution in [-0.2, 0) is 4.79 Å². The highest BCUT2D eigenvalue weighted by atomic mass is 35.5. The molecular formula is C18H28ClN3O. The number of halogens is 1. The standard InChI is InChI=1S/C18H27N3O.ClH/c1-14-4-3-5-17(15(14)2)20-10-12-21(13-11-20)18(22)16-6-8-19-9-7-16;/h3-5,16,19H,6-13H2,1-2H3;1H. The topological polar surface area (TPSA) is 35.6 Å². The molecule has 0 unspecified atom stereocenters. The van der Waals surface area contributed by atoms with E-state index in [0.29, 0.717) is 5.91 Å². The van der Waals surface area contributed by atoms with Crippen LogP contribution in [0.25, 0.3) is 0 Å². The minimum absolute atomic E-state index is 0. The van der Waals surface area contributed by atoms with Crippen LogP contribution in [0.4, 0.5) is 5.69 Å². The second-order valence-corrected chi connectivity index (χ2v) is 6.56. The van der Waals surface area contributed by atoms with E-state index in [0.717, 1.165) is 52.1 Å². The molecule has 2 heterocycles. The van der Waals surface area contributed by atoms with E-state index in [-0.39, 0.29) is 18.3 Å². The Balaban J connectivity index is 0.00000192. The summed E-state index contributed by atoms with van der Waals surface area (Å²) in [6, 6.07) is 6.49. The summed E-state index contributed by atoms with van der Waals surface area (Å²) in [5, 5.41) is 3.33. The van der Waals surface area contributed by atoms with Gasteiger partial charge in [0.15, 0.2) is 0 Å². The van der Waals surface area contributed by atoms with Crippen molar-refractivity contribution in [2.24, 2.45) is 5.92 Å². The number of benzene rings is 1. The van der Waals surface area contributed by atoms with Gasteiger partial charge in [0.1, 0.15) is 0 Å². The summed E-state index contributed by atoms with van der Waals surface area (Å²) in [5.74, 6) is 0.621. The number of carbonyl (C=O) groups is 1. The maximum absolute atomic E-state index is 12.6.